The number of para-hydroxylation sites is 1. The van der Waals surface area contributed by atoms with Crippen LogP contribution in [0.1, 0.15) is 31.5 Å². The van der Waals surface area contributed by atoms with Gasteiger partial charge in [0.1, 0.15) is 5.82 Å². The Kier molecular flexibility index (Phi) is 7.18. The normalized spacial score (nSPS) is 12.4. The molecule has 0 amide bonds. The fourth-order valence-corrected chi connectivity index (χ4v) is 3.36. The monoisotopic (exact) mass is 415 g/mol. The highest BCUT2D eigenvalue weighted by molar-refractivity contribution is 5.43. The highest BCUT2D eigenvalue weighted by atomic mass is 19.1. The molecule has 3 rings (SSSR count). The molecule has 0 aliphatic carbocycles. The third-order valence-corrected chi connectivity index (χ3v) is 4.70. The zero-order valence-electron chi connectivity index (χ0n) is 17.5. The van der Waals surface area contributed by atoms with Gasteiger partial charge < -0.3 is 9.84 Å². The van der Waals surface area contributed by atoms with E-state index in [0.29, 0.717) is 24.7 Å². The summed E-state index contributed by atoms with van der Waals surface area (Å²) < 4.78 is 35.3. The van der Waals surface area contributed by atoms with Crippen LogP contribution in [0.25, 0.3) is 5.69 Å². The van der Waals surface area contributed by atoms with E-state index in [4.69, 9.17) is 4.74 Å². The average molecular weight is 415 g/mol. The molecule has 1 atom stereocenters. The third kappa shape index (κ3) is 5.23. The molecule has 0 aliphatic rings. The lowest BCUT2D eigenvalue weighted by Crippen LogP contribution is -2.31. The van der Waals surface area contributed by atoms with E-state index in [9.17, 15) is 13.9 Å². The van der Waals surface area contributed by atoms with Crippen molar-refractivity contribution >= 4 is 0 Å². The summed E-state index contributed by atoms with van der Waals surface area (Å²) in [6.45, 7) is 7.43. The summed E-state index contributed by atoms with van der Waals surface area (Å²) in [5.74, 6) is -0.386. The summed E-state index contributed by atoms with van der Waals surface area (Å²) in [4.78, 5) is 2.11. The highest BCUT2D eigenvalue weighted by Gasteiger charge is 2.22. The Labute approximate surface area is 175 Å². The van der Waals surface area contributed by atoms with E-state index in [1.165, 1.54) is 18.2 Å². The molecule has 160 valence electrons. The molecule has 0 saturated heterocycles. The minimum atomic E-state index is -0.486. The predicted molar refractivity (Wildman–Crippen MR) is 112 cm³/mol. The van der Waals surface area contributed by atoms with Gasteiger partial charge in [-0.25, -0.2) is 13.5 Å². The molecular weight excluding hydrogens is 388 g/mol. The van der Waals surface area contributed by atoms with Crippen LogP contribution in [-0.2, 0) is 6.54 Å². The number of halogens is 2. The molecule has 1 heterocycles. The molecule has 0 unspecified atom stereocenters. The van der Waals surface area contributed by atoms with Crippen LogP contribution in [0, 0.1) is 18.6 Å². The van der Waals surface area contributed by atoms with E-state index in [2.05, 4.69) is 16.9 Å². The molecule has 0 spiro atoms. The molecule has 1 aromatic heterocycles. The van der Waals surface area contributed by atoms with Crippen LogP contribution in [0.3, 0.4) is 0 Å². The fourth-order valence-electron chi connectivity index (χ4n) is 3.36. The smallest absolute Gasteiger partial charge is 0.227 e. The summed E-state index contributed by atoms with van der Waals surface area (Å²) in [5.41, 5.74) is 2.11. The van der Waals surface area contributed by atoms with Crippen LogP contribution >= 0.6 is 0 Å². The van der Waals surface area contributed by atoms with Crippen LogP contribution in [0.15, 0.2) is 48.5 Å². The average Bonchev–Trinajstić information content (AvgIpc) is 2.99. The molecule has 30 heavy (non-hydrogen) atoms. The van der Waals surface area contributed by atoms with E-state index in [1.54, 1.807) is 41.9 Å². The quantitative estimate of drug-likeness (QED) is 0.543. The molecule has 3 aromatic rings. The Hall–Kier alpha value is -2.77. The summed E-state index contributed by atoms with van der Waals surface area (Å²) in [6, 6.07) is 12.1. The second kappa shape index (κ2) is 9.82. The largest absolute Gasteiger partial charge is 0.435 e. The maximum atomic E-state index is 14.3. The van der Waals surface area contributed by atoms with Crippen molar-refractivity contribution in [3.05, 3.63) is 71.4 Å². The predicted octanol–water partition coefficient (Wildman–Crippen LogP) is 4.84. The lowest BCUT2D eigenvalue weighted by molar-refractivity contribution is 0.122. The summed E-state index contributed by atoms with van der Waals surface area (Å²) in [6.07, 6.45) is 0.432. The number of nitrogens with zero attached hydrogens (tertiary/aromatic N) is 3. The number of rotatable bonds is 9. The lowest BCUT2D eigenvalue weighted by atomic mass is 10.2. The SMILES string of the molecule is CCCN(Cc1c(C)nn(-c2ccc(F)cc2)c1Oc1ccccc1F)C[C@H](C)O. The summed E-state index contributed by atoms with van der Waals surface area (Å²) >= 11 is 0. The van der Waals surface area contributed by atoms with E-state index >= 15 is 0 Å². The van der Waals surface area contributed by atoms with Crippen molar-refractivity contribution in [2.45, 2.75) is 39.8 Å². The van der Waals surface area contributed by atoms with Crippen molar-refractivity contribution in [3.63, 3.8) is 0 Å². The van der Waals surface area contributed by atoms with Gasteiger partial charge in [0.15, 0.2) is 11.6 Å². The molecule has 0 bridgehead atoms. The van der Waals surface area contributed by atoms with Crippen LogP contribution in [-0.4, -0.2) is 39.0 Å². The van der Waals surface area contributed by atoms with Gasteiger partial charge in [-0.15, -0.1) is 0 Å². The molecule has 1 N–H and O–H groups in total. The van der Waals surface area contributed by atoms with Gasteiger partial charge >= 0.3 is 0 Å². The van der Waals surface area contributed by atoms with Crippen LogP contribution in [0.2, 0.25) is 0 Å². The number of aryl methyl sites for hydroxylation is 1. The molecule has 2 aromatic carbocycles. The number of aliphatic hydroxyl groups excluding tert-OH is 1. The number of hydrogen-bond donors (Lipinski definition) is 1. The maximum absolute atomic E-state index is 14.3. The van der Waals surface area contributed by atoms with Gasteiger partial charge in [0.05, 0.1) is 23.0 Å². The zero-order valence-corrected chi connectivity index (χ0v) is 17.5. The zero-order chi connectivity index (χ0) is 21.7. The van der Waals surface area contributed by atoms with Gasteiger partial charge in [0.2, 0.25) is 5.88 Å². The number of ether oxygens (including phenoxy) is 1. The van der Waals surface area contributed by atoms with Crippen molar-refractivity contribution < 1.29 is 18.6 Å². The first-order valence-corrected chi connectivity index (χ1v) is 10.1. The number of hydrogen-bond acceptors (Lipinski definition) is 4. The second-order valence-corrected chi connectivity index (χ2v) is 7.37. The van der Waals surface area contributed by atoms with Crippen LogP contribution in [0.5, 0.6) is 11.6 Å². The van der Waals surface area contributed by atoms with Gasteiger partial charge in [-0.05, 0) is 63.2 Å². The number of aliphatic hydroxyl groups is 1. The first kappa shape index (κ1) is 21.9. The van der Waals surface area contributed by atoms with Gasteiger partial charge in [0.25, 0.3) is 0 Å². The van der Waals surface area contributed by atoms with Gasteiger partial charge in [0, 0.05) is 13.1 Å². The summed E-state index contributed by atoms with van der Waals surface area (Å²) in [5, 5.41) is 14.5. The van der Waals surface area contributed by atoms with E-state index in [-0.39, 0.29) is 11.6 Å². The minimum Gasteiger partial charge on any atom is -0.435 e. The van der Waals surface area contributed by atoms with E-state index in [0.717, 1.165) is 24.2 Å². The standard InChI is InChI=1S/C23H27F2N3O2/c1-4-13-27(14-16(2)29)15-20-17(3)26-28(19-11-9-18(24)10-12-19)23(20)30-22-8-6-5-7-21(22)25/h5-12,16,29H,4,13-15H2,1-3H3/t16-/m0/s1. The summed E-state index contributed by atoms with van der Waals surface area (Å²) in [7, 11) is 0. The Morgan fingerprint density at radius 1 is 1.13 bits per heavy atom. The maximum Gasteiger partial charge on any atom is 0.227 e. The van der Waals surface area contributed by atoms with E-state index < -0.39 is 11.9 Å². The van der Waals surface area contributed by atoms with Crippen molar-refractivity contribution in [3.8, 4) is 17.3 Å². The Bertz CT molecular complexity index is 971. The Balaban J connectivity index is 2.06. The Morgan fingerprint density at radius 2 is 1.83 bits per heavy atom. The van der Waals surface area contributed by atoms with Gasteiger partial charge in [-0.3, -0.25) is 4.90 Å². The van der Waals surface area contributed by atoms with Crippen LogP contribution in [0.4, 0.5) is 8.78 Å². The first-order chi connectivity index (χ1) is 14.4. The van der Waals surface area contributed by atoms with Crippen molar-refractivity contribution in [2.24, 2.45) is 0 Å². The van der Waals surface area contributed by atoms with E-state index in [1.807, 2.05) is 6.92 Å². The molecule has 0 radical (unpaired) electrons. The first-order valence-electron chi connectivity index (χ1n) is 10.1. The molecule has 0 fully saturated rings. The highest BCUT2D eigenvalue weighted by Crippen LogP contribution is 2.32. The lowest BCUT2D eigenvalue weighted by Gasteiger charge is -2.23. The third-order valence-electron chi connectivity index (χ3n) is 4.70. The second-order valence-electron chi connectivity index (χ2n) is 7.37. The molecule has 0 aliphatic heterocycles. The Morgan fingerprint density at radius 3 is 2.47 bits per heavy atom. The van der Waals surface area contributed by atoms with Gasteiger partial charge in [-0.1, -0.05) is 19.1 Å². The number of benzene rings is 2. The van der Waals surface area contributed by atoms with Crippen molar-refractivity contribution in [1.82, 2.24) is 14.7 Å². The molecular formula is C23H27F2N3O2. The molecule has 5 nitrogen and oxygen atoms in total. The topological polar surface area (TPSA) is 50.5 Å². The van der Waals surface area contributed by atoms with Crippen molar-refractivity contribution in [2.75, 3.05) is 13.1 Å². The molecule has 0 saturated carbocycles. The fraction of sp³-hybridized carbons (Fsp3) is 0.348. The minimum absolute atomic E-state index is 0.0829. The molecule has 7 heteroatoms. The number of aromatic nitrogens is 2. The van der Waals surface area contributed by atoms with Crippen molar-refractivity contribution in [1.29, 1.82) is 0 Å². The van der Waals surface area contributed by atoms with Gasteiger partial charge in [-0.2, -0.15) is 5.10 Å². The van der Waals surface area contributed by atoms with Crippen LogP contribution < -0.4 is 4.74 Å².